The number of sulfone groups is 1. The van der Waals surface area contributed by atoms with Crippen LogP contribution in [0.1, 0.15) is 22.3 Å². The van der Waals surface area contributed by atoms with Crippen molar-refractivity contribution in [2.45, 2.75) is 23.1 Å². The fourth-order valence-corrected chi connectivity index (χ4v) is 5.06. The predicted octanol–water partition coefficient (Wildman–Crippen LogP) is 4.11. The molecule has 0 saturated carbocycles. The van der Waals surface area contributed by atoms with E-state index in [2.05, 4.69) is 10.6 Å². The van der Waals surface area contributed by atoms with Gasteiger partial charge in [0.2, 0.25) is 0 Å². The van der Waals surface area contributed by atoms with E-state index in [4.69, 9.17) is 4.74 Å². The highest BCUT2D eigenvalue weighted by atomic mass is 32.2. The molecule has 7 heteroatoms. The van der Waals surface area contributed by atoms with E-state index < -0.39 is 15.2 Å². The Morgan fingerprint density at radius 2 is 1.80 bits per heavy atom. The summed E-state index contributed by atoms with van der Waals surface area (Å²) in [5.74, 6) is 0.313. The number of fused-ring (bicyclic) bond motifs is 1. The molecular formula is C23H22N2O4S. The number of hydrogen-bond acceptors (Lipinski definition) is 5. The number of anilines is 2. The Labute approximate surface area is 175 Å². The molecule has 30 heavy (non-hydrogen) atoms. The molecule has 0 bridgehead atoms. The van der Waals surface area contributed by atoms with Crippen LogP contribution in [0.3, 0.4) is 0 Å². The van der Waals surface area contributed by atoms with Crippen LogP contribution >= 0.6 is 0 Å². The van der Waals surface area contributed by atoms with Crippen molar-refractivity contribution in [2.24, 2.45) is 0 Å². The summed E-state index contributed by atoms with van der Waals surface area (Å²) in [5, 5.41) is 5.23. The van der Waals surface area contributed by atoms with Crippen molar-refractivity contribution in [3.05, 3.63) is 83.9 Å². The lowest BCUT2D eigenvalue weighted by Crippen LogP contribution is -2.33. The number of carbonyl (C=O) groups is 1. The normalized spacial score (nSPS) is 15.6. The number of nitrogens with one attached hydrogen (secondary N) is 2. The van der Waals surface area contributed by atoms with E-state index in [-0.39, 0.29) is 10.8 Å². The Hall–Kier alpha value is -3.32. The number of amides is 1. The summed E-state index contributed by atoms with van der Waals surface area (Å²) in [4.78, 5) is 12.7. The first-order chi connectivity index (χ1) is 14.5. The lowest BCUT2D eigenvalue weighted by atomic mass is 10.0. The summed E-state index contributed by atoms with van der Waals surface area (Å²) in [6.45, 7) is 0. The second-order valence-electron chi connectivity index (χ2n) is 7.08. The topological polar surface area (TPSA) is 84.5 Å². The minimum atomic E-state index is -3.57. The molecule has 4 rings (SSSR count). The monoisotopic (exact) mass is 422 g/mol. The molecule has 0 aromatic heterocycles. The Balaban J connectivity index is 1.49. The van der Waals surface area contributed by atoms with Crippen molar-refractivity contribution in [2.75, 3.05) is 17.7 Å². The average molecular weight is 423 g/mol. The number of benzene rings is 3. The van der Waals surface area contributed by atoms with E-state index in [9.17, 15) is 13.2 Å². The highest BCUT2D eigenvalue weighted by molar-refractivity contribution is 7.92. The van der Waals surface area contributed by atoms with Crippen LogP contribution in [-0.2, 0) is 16.3 Å². The molecule has 1 amide bonds. The van der Waals surface area contributed by atoms with Gasteiger partial charge in [-0.15, -0.1) is 0 Å². The van der Waals surface area contributed by atoms with Crippen LogP contribution in [0.4, 0.5) is 11.4 Å². The number of methoxy groups -OCH3 is 1. The van der Waals surface area contributed by atoms with Crippen LogP contribution in [0.15, 0.2) is 77.7 Å². The van der Waals surface area contributed by atoms with Crippen molar-refractivity contribution in [1.82, 2.24) is 0 Å². The molecule has 0 radical (unpaired) electrons. The van der Waals surface area contributed by atoms with Crippen LogP contribution in [0.2, 0.25) is 0 Å². The Bertz CT molecular complexity index is 1170. The first-order valence-electron chi connectivity index (χ1n) is 9.61. The summed E-state index contributed by atoms with van der Waals surface area (Å²) in [7, 11) is -2.02. The van der Waals surface area contributed by atoms with E-state index in [1.807, 2.05) is 24.3 Å². The molecule has 3 aromatic carbocycles. The van der Waals surface area contributed by atoms with Gasteiger partial charge in [-0.3, -0.25) is 4.79 Å². The van der Waals surface area contributed by atoms with Gasteiger partial charge < -0.3 is 15.4 Å². The molecule has 1 aliphatic rings. The third kappa shape index (κ3) is 4.02. The molecule has 1 heterocycles. The molecule has 1 atom stereocenters. The molecule has 0 spiro atoms. The molecule has 3 aromatic rings. The zero-order chi connectivity index (χ0) is 21.1. The van der Waals surface area contributed by atoms with Gasteiger partial charge >= 0.3 is 0 Å². The van der Waals surface area contributed by atoms with E-state index in [1.54, 1.807) is 31.4 Å². The Morgan fingerprint density at radius 1 is 1.03 bits per heavy atom. The number of hydrogen-bond donors (Lipinski definition) is 2. The second-order valence-corrected chi connectivity index (χ2v) is 9.21. The first kappa shape index (κ1) is 20.0. The van der Waals surface area contributed by atoms with Gasteiger partial charge in [0, 0.05) is 23.0 Å². The molecule has 6 nitrogen and oxygen atoms in total. The largest absolute Gasteiger partial charge is 0.497 e. The van der Waals surface area contributed by atoms with Crippen molar-refractivity contribution in [1.29, 1.82) is 0 Å². The van der Waals surface area contributed by atoms with Gasteiger partial charge in [0.05, 0.1) is 12.0 Å². The third-order valence-electron chi connectivity index (χ3n) is 5.16. The fourth-order valence-electron chi connectivity index (χ4n) is 3.51. The number of ether oxygens (including phenoxy) is 1. The van der Waals surface area contributed by atoms with Gasteiger partial charge in [0.15, 0.2) is 9.84 Å². The number of aryl methyl sites for hydroxylation is 1. The molecule has 1 unspecified atom stereocenters. The molecule has 0 fully saturated rings. The van der Waals surface area contributed by atoms with Crippen molar-refractivity contribution >= 4 is 27.1 Å². The zero-order valence-electron chi connectivity index (χ0n) is 16.5. The minimum Gasteiger partial charge on any atom is -0.497 e. The average Bonchev–Trinajstić information content (AvgIpc) is 2.79. The van der Waals surface area contributed by atoms with E-state index in [0.717, 1.165) is 11.3 Å². The van der Waals surface area contributed by atoms with Gasteiger partial charge in [0.25, 0.3) is 5.91 Å². The quantitative estimate of drug-likeness (QED) is 0.647. The molecule has 154 valence electrons. The van der Waals surface area contributed by atoms with E-state index in [1.165, 1.54) is 24.3 Å². The number of rotatable bonds is 5. The Morgan fingerprint density at radius 3 is 2.57 bits per heavy atom. The standard InChI is InChI=1S/C23H22N2O4S/c1-29-19-7-4-6-18(15-19)24-23(26)17-9-12-20(13-10-17)30(27,28)22-14-11-16-5-2-3-8-21(16)25-22/h2-10,12-13,15,22,25H,11,14H2,1H3,(H,24,26). The molecule has 0 saturated heterocycles. The summed E-state index contributed by atoms with van der Waals surface area (Å²) in [6.07, 6.45) is 1.20. The molecule has 2 N–H and O–H groups in total. The maximum absolute atomic E-state index is 13.1. The number of para-hydroxylation sites is 1. The molecule has 1 aliphatic heterocycles. The summed E-state index contributed by atoms with van der Waals surface area (Å²) in [6, 6.07) is 20.8. The SMILES string of the molecule is COc1cccc(NC(=O)c2ccc(S(=O)(=O)C3CCc4ccccc4N3)cc2)c1. The maximum atomic E-state index is 13.1. The summed E-state index contributed by atoms with van der Waals surface area (Å²) in [5.41, 5.74) is 2.94. The molecular weight excluding hydrogens is 400 g/mol. The highest BCUT2D eigenvalue weighted by Crippen LogP contribution is 2.29. The maximum Gasteiger partial charge on any atom is 0.255 e. The predicted molar refractivity (Wildman–Crippen MR) is 117 cm³/mol. The van der Waals surface area contributed by atoms with E-state index in [0.29, 0.717) is 29.8 Å². The van der Waals surface area contributed by atoms with Crippen LogP contribution in [0.5, 0.6) is 5.75 Å². The van der Waals surface area contributed by atoms with Gasteiger partial charge in [-0.1, -0.05) is 24.3 Å². The summed E-state index contributed by atoms with van der Waals surface area (Å²) >= 11 is 0. The number of carbonyl (C=O) groups excluding carboxylic acids is 1. The smallest absolute Gasteiger partial charge is 0.255 e. The van der Waals surface area contributed by atoms with Crippen LogP contribution in [0, 0.1) is 0 Å². The zero-order valence-corrected chi connectivity index (χ0v) is 17.3. The minimum absolute atomic E-state index is 0.192. The van der Waals surface area contributed by atoms with Gasteiger partial charge in [0.1, 0.15) is 11.1 Å². The van der Waals surface area contributed by atoms with Gasteiger partial charge in [-0.05, 0) is 60.9 Å². The van der Waals surface area contributed by atoms with Crippen LogP contribution < -0.4 is 15.4 Å². The van der Waals surface area contributed by atoms with Crippen molar-refractivity contribution < 1.29 is 17.9 Å². The third-order valence-corrected chi connectivity index (χ3v) is 7.19. The van der Waals surface area contributed by atoms with E-state index >= 15 is 0 Å². The fraction of sp³-hybridized carbons (Fsp3) is 0.174. The summed E-state index contributed by atoms with van der Waals surface area (Å²) < 4.78 is 31.3. The molecule has 0 aliphatic carbocycles. The van der Waals surface area contributed by atoms with Crippen molar-refractivity contribution in [3.63, 3.8) is 0 Å². The van der Waals surface area contributed by atoms with Crippen LogP contribution in [-0.4, -0.2) is 26.8 Å². The lowest BCUT2D eigenvalue weighted by molar-refractivity contribution is 0.102. The lowest BCUT2D eigenvalue weighted by Gasteiger charge is -2.26. The highest BCUT2D eigenvalue weighted by Gasteiger charge is 2.30. The van der Waals surface area contributed by atoms with Crippen molar-refractivity contribution in [3.8, 4) is 5.75 Å². The Kier molecular flexibility index (Phi) is 5.46. The van der Waals surface area contributed by atoms with Crippen LogP contribution in [0.25, 0.3) is 0 Å². The van der Waals surface area contributed by atoms with Gasteiger partial charge in [-0.25, -0.2) is 8.42 Å². The second kappa shape index (κ2) is 8.20. The van der Waals surface area contributed by atoms with Gasteiger partial charge in [-0.2, -0.15) is 0 Å². The first-order valence-corrected chi connectivity index (χ1v) is 11.2.